The molecule has 0 aliphatic carbocycles. The summed E-state index contributed by atoms with van der Waals surface area (Å²) in [5.41, 5.74) is 0. The van der Waals surface area contributed by atoms with Crippen molar-refractivity contribution in [2.45, 2.75) is 79.6 Å². The van der Waals surface area contributed by atoms with E-state index in [0.29, 0.717) is 24.2 Å². The van der Waals surface area contributed by atoms with Gasteiger partial charge in [-0.25, -0.2) is 0 Å². The fraction of sp³-hybridized carbons (Fsp3) is 0.941. The summed E-state index contributed by atoms with van der Waals surface area (Å²) < 4.78 is 2.39. The summed E-state index contributed by atoms with van der Waals surface area (Å²) in [4.78, 5) is 2.39. The standard InChI is InChI=1S/C9H19N2.C8H20N2.ClH/c1-8(2)10-5-6-11(7-10)9(3)4;1-7(2)9-5-6-10-8(3)4;/h7-9H,5-6H2,1-4H3;7-10H,5-6H2,1-4H3;1H/q+1;;/p-1. The molecule has 0 spiro atoms. The first kappa shape index (κ1) is 23.9. The Morgan fingerprint density at radius 1 is 0.909 bits per heavy atom. The largest absolute Gasteiger partial charge is 1.00 e. The van der Waals surface area contributed by atoms with Crippen LogP contribution in [-0.2, 0) is 0 Å². The number of halogens is 1. The maximum Gasteiger partial charge on any atom is 0.234 e. The van der Waals surface area contributed by atoms with E-state index in [1.54, 1.807) is 0 Å². The van der Waals surface area contributed by atoms with Gasteiger partial charge in [-0.2, -0.15) is 0 Å². The molecule has 0 atom stereocenters. The van der Waals surface area contributed by atoms with Crippen LogP contribution in [0.25, 0.3) is 0 Å². The Morgan fingerprint density at radius 2 is 1.36 bits per heavy atom. The monoisotopic (exact) mass is 334 g/mol. The summed E-state index contributed by atoms with van der Waals surface area (Å²) >= 11 is 0. The summed E-state index contributed by atoms with van der Waals surface area (Å²) in [6.45, 7) is 22.1. The lowest BCUT2D eigenvalue weighted by molar-refractivity contribution is -0.545. The minimum atomic E-state index is 0. The van der Waals surface area contributed by atoms with E-state index in [1.165, 1.54) is 13.1 Å². The molecule has 0 unspecified atom stereocenters. The van der Waals surface area contributed by atoms with Crippen molar-refractivity contribution in [3.8, 4) is 0 Å². The van der Waals surface area contributed by atoms with Gasteiger partial charge in [-0.1, -0.05) is 27.7 Å². The Bertz CT molecular complexity index is 278. The molecule has 134 valence electrons. The number of hydrogen-bond donors (Lipinski definition) is 2. The van der Waals surface area contributed by atoms with Crippen LogP contribution in [0.15, 0.2) is 0 Å². The van der Waals surface area contributed by atoms with Crippen molar-refractivity contribution in [3.63, 3.8) is 0 Å². The lowest BCUT2D eigenvalue weighted by Gasteiger charge is -2.10. The van der Waals surface area contributed by atoms with Gasteiger partial charge in [0.25, 0.3) is 0 Å². The highest BCUT2D eigenvalue weighted by atomic mass is 35.5. The van der Waals surface area contributed by atoms with E-state index >= 15 is 0 Å². The third kappa shape index (κ3) is 12.2. The molecular weight excluding hydrogens is 296 g/mol. The predicted molar refractivity (Wildman–Crippen MR) is 94.4 cm³/mol. The van der Waals surface area contributed by atoms with Crippen LogP contribution in [0.5, 0.6) is 0 Å². The van der Waals surface area contributed by atoms with Crippen molar-refractivity contribution in [3.05, 3.63) is 0 Å². The van der Waals surface area contributed by atoms with E-state index in [2.05, 4.69) is 81.8 Å². The SMILES string of the molecule is CC(C)N1C=[N+](C(C)C)CC1.CC(C)NCCNC(C)C.[Cl-]. The molecule has 0 fully saturated rings. The molecular formula is C17H39ClN4. The van der Waals surface area contributed by atoms with Crippen LogP contribution in [0.1, 0.15) is 55.4 Å². The van der Waals surface area contributed by atoms with Gasteiger partial charge < -0.3 is 23.0 Å². The van der Waals surface area contributed by atoms with Gasteiger partial charge in [0.1, 0.15) is 13.1 Å². The zero-order chi connectivity index (χ0) is 16.4. The Morgan fingerprint density at radius 3 is 1.59 bits per heavy atom. The van der Waals surface area contributed by atoms with Crippen LogP contribution in [0, 0.1) is 0 Å². The van der Waals surface area contributed by atoms with E-state index in [1.807, 2.05) is 0 Å². The van der Waals surface area contributed by atoms with Crippen molar-refractivity contribution >= 4 is 6.34 Å². The fourth-order valence-electron chi connectivity index (χ4n) is 2.04. The van der Waals surface area contributed by atoms with Gasteiger partial charge in [0.05, 0.1) is 12.1 Å². The zero-order valence-corrected chi connectivity index (χ0v) is 16.7. The summed E-state index contributed by atoms with van der Waals surface area (Å²) in [5, 5.41) is 6.68. The third-order valence-corrected chi connectivity index (χ3v) is 3.47. The van der Waals surface area contributed by atoms with Crippen LogP contribution in [0.3, 0.4) is 0 Å². The molecule has 1 rings (SSSR count). The first-order valence-electron chi connectivity index (χ1n) is 8.57. The van der Waals surface area contributed by atoms with Gasteiger partial charge in [0.15, 0.2) is 0 Å². The Labute approximate surface area is 145 Å². The zero-order valence-electron chi connectivity index (χ0n) is 16.0. The Kier molecular flexibility index (Phi) is 14.3. The first-order valence-corrected chi connectivity index (χ1v) is 8.57. The second-order valence-corrected chi connectivity index (χ2v) is 7.00. The average molecular weight is 335 g/mol. The lowest BCUT2D eigenvalue weighted by atomic mass is 10.3. The topological polar surface area (TPSA) is 30.3 Å². The van der Waals surface area contributed by atoms with Crippen LogP contribution in [0.2, 0.25) is 0 Å². The number of nitrogens with one attached hydrogen (secondary N) is 2. The van der Waals surface area contributed by atoms with Crippen LogP contribution < -0.4 is 23.0 Å². The van der Waals surface area contributed by atoms with Gasteiger partial charge >= 0.3 is 0 Å². The fourth-order valence-corrected chi connectivity index (χ4v) is 2.04. The number of nitrogens with zero attached hydrogens (tertiary/aromatic N) is 2. The number of rotatable bonds is 7. The molecule has 22 heavy (non-hydrogen) atoms. The normalized spacial score (nSPS) is 14.4. The molecule has 0 saturated heterocycles. The summed E-state index contributed by atoms with van der Waals surface area (Å²) in [6, 6.07) is 2.51. The molecule has 0 aromatic carbocycles. The first-order chi connectivity index (χ1) is 9.73. The lowest BCUT2D eigenvalue weighted by Crippen LogP contribution is -3.00. The Balaban J connectivity index is 0. The van der Waals surface area contributed by atoms with Gasteiger partial charge in [-0.15, -0.1) is 0 Å². The molecule has 0 radical (unpaired) electrons. The second kappa shape index (κ2) is 13.1. The van der Waals surface area contributed by atoms with Gasteiger partial charge in [0, 0.05) is 25.2 Å². The van der Waals surface area contributed by atoms with E-state index in [4.69, 9.17) is 0 Å². The average Bonchev–Trinajstić information content (AvgIpc) is 2.85. The van der Waals surface area contributed by atoms with Crippen LogP contribution in [-0.4, -0.2) is 66.2 Å². The number of hydrogen-bond acceptors (Lipinski definition) is 3. The summed E-state index contributed by atoms with van der Waals surface area (Å²) in [6.07, 6.45) is 2.26. The van der Waals surface area contributed by atoms with Crippen molar-refractivity contribution in [2.24, 2.45) is 0 Å². The maximum atomic E-state index is 3.34. The highest BCUT2D eigenvalue weighted by Gasteiger charge is 2.22. The minimum Gasteiger partial charge on any atom is -1.00 e. The molecule has 0 bridgehead atoms. The molecule has 0 aromatic heterocycles. The molecule has 0 saturated carbocycles. The van der Waals surface area contributed by atoms with Crippen molar-refractivity contribution in [2.75, 3.05) is 26.2 Å². The molecule has 0 amide bonds. The molecule has 0 aromatic rings. The molecule has 1 heterocycles. The molecule has 1 aliphatic rings. The van der Waals surface area contributed by atoms with Gasteiger partial charge in [-0.3, -0.25) is 9.48 Å². The maximum absolute atomic E-state index is 3.34. The highest BCUT2D eigenvalue weighted by molar-refractivity contribution is 5.50. The quantitative estimate of drug-likeness (QED) is 0.469. The smallest absolute Gasteiger partial charge is 0.234 e. The summed E-state index contributed by atoms with van der Waals surface area (Å²) in [5.74, 6) is 0. The second-order valence-electron chi connectivity index (χ2n) is 7.00. The molecule has 4 nitrogen and oxygen atoms in total. The van der Waals surface area contributed by atoms with E-state index < -0.39 is 0 Å². The van der Waals surface area contributed by atoms with Gasteiger partial charge in [0.2, 0.25) is 6.34 Å². The van der Waals surface area contributed by atoms with Crippen molar-refractivity contribution in [1.82, 2.24) is 15.5 Å². The van der Waals surface area contributed by atoms with E-state index in [0.717, 1.165) is 13.1 Å². The molecule has 2 N–H and O–H groups in total. The molecule has 5 heteroatoms. The Hall–Kier alpha value is -0.320. The summed E-state index contributed by atoms with van der Waals surface area (Å²) in [7, 11) is 0. The third-order valence-electron chi connectivity index (χ3n) is 3.47. The van der Waals surface area contributed by atoms with Crippen LogP contribution >= 0.6 is 0 Å². The van der Waals surface area contributed by atoms with Crippen molar-refractivity contribution in [1.29, 1.82) is 0 Å². The van der Waals surface area contributed by atoms with E-state index in [9.17, 15) is 0 Å². The molecule has 1 aliphatic heterocycles. The van der Waals surface area contributed by atoms with Gasteiger partial charge in [-0.05, 0) is 27.7 Å². The van der Waals surface area contributed by atoms with Crippen molar-refractivity contribution < 1.29 is 17.0 Å². The highest BCUT2D eigenvalue weighted by Crippen LogP contribution is 2.02. The predicted octanol–water partition coefficient (Wildman–Crippen LogP) is -0.854. The minimum absolute atomic E-state index is 0. The van der Waals surface area contributed by atoms with E-state index in [-0.39, 0.29) is 12.4 Å². The van der Waals surface area contributed by atoms with Crippen LogP contribution in [0.4, 0.5) is 0 Å².